The number of para-hydroxylation sites is 3. The summed E-state index contributed by atoms with van der Waals surface area (Å²) >= 11 is 0. The molecule has 0 bridgehead atoms. The first-order chi connectivity index (χ1) is 14.5. The maximum atomic E-state index is 14.1. The highest BCUT2D eigenvalue weighted by atomic mass is 19.1. The molecule has 0 saturated carbocycles. The molecular weight excluding hydrogens is 387 g/mol. The molecule has 0 aliphatic rings. The van der Waals surface area contributed by atoms with Gasteiger partial charge in [0.15, 0.2) is 0 Å². The molecule has 0 aliphatic carbocycles. The molecule has 1 N–H and O–H groups in total. The molecule has 156 valence electrons. The van der Waals surface area contributed by atoms with Gasteiger partial charge in [0.25, 0.3) is 5.91 Å². The summed E-state index contributed by atoms with van der Waals surface area (Å²) in [5.41, 5.74) is 1.59. The minimum Gasteiger partial charge on any atom is -0.495 e. The second-order valence-corrected chi connectivity index (χ2v) is 6.57. The van der Waals surface area contributed by atoms with Crippen LogP contribution < -0.4 is 10.1 Å². The topological polar surface area (TPSA) is 76.5 Å². The molecule has 7 nitrogen and oxygen atoms in total. The average Bonchev–Trinajstić information content (AvgIpc) is 3.13. The second-order valence-electron chi connectivity index (χ2n) is 6.57. The summed E-state index contributed by atoms with van der Waals surface area (Å²) < 4.78 is 20.7. The fourth-order valence-corrected chi connectivity index (χ4v) is 3.09. The van der Waals surface area contributed by atoms with E-state index < -0.39 is 5.82 Å². The Hall–Kier alpha value is -3.68. The summed E-state index contributed by atoms with van der Waals surface area (Å²) in [4.78, 5) is 26.9. The van der Waals surface area contributed by atoms with Crippen molar-refractivity contribution in [3.8, 4) is 11.4 Å². The van der Waals surface area contributed by atoms with Gasteiger partial charge < -0.3 is 15.0 Å². The summed E-state index contributed by atoms with van der Waals surface area (Å²) in [6.07, 6.45) is 1.39. The lowest BCUT2D eigenvalue weighted by atomic mass is 10.2. The highest BCUT2D eigenvalue weighted by molar-refractivity contribution is 6.00. The molecule has 0 unspecified atom stereocenters. The van der Waals surface area contributed by atoms with Crippen LogP contribution in [0.3, 0.4) is 0 Å². The Morgan fingerprint density at radius 1 is 1.17 bits per heavy atom. The van der Waals surface area contributed by atoms with Crippen molar-refractivity contribution in [2.45, 2.75) is 13.8 Å². The number of benzene rings is 2. The van der Waals surface area contributed by atoms with Gasteiger partial charge in [-0.15, -0.1) is 0 Å². The Labute approximate surface area is 174 Å². The standard InChI is InChI=1S/C22H23FN4O3/c1-4-26(14-21(28)25-18-10-6-8-12-20(18)30-3)22(29)16-13-24-27(15(16)2)19-11-7-5-9-17(19)23/h5-13H,4,14H2,1-3H3,(H,25,28). The van der Waals surface area contributed by atoms with Crippen LogP contribution in [-0.2, 0) is 4.79 Å². The van der Waals surface area contributed by atoms with Crippen LogP contribution in [0.25, 0.3) is 5.69 Å². The number of aromatic nitrogens is 2. The Bertz CT molecular complexity index is 1060. The Balaban J connectivity index is 1.77. The Kier molecular flexibility index (Phi) is 6.46. The van der Waals surface area contributed by atoms with E-state index in [0.717, 1.165) is 0 Å². The lowest BCUT2D eigenvalue weighted by Gasteiger charge is -2.20. The van der Waals surface area contributed by atoms with Crippen LogP contribution in [0.1, 0.15) is 23.0 Å². The van der Waals surface area contributed by atoms with Crippen molar-refractivity contribution in [3.05, 3.63) is 71.8 Å². The predicted octanol–water partition coefficient (Wildman–Crippen LogP) is 3.43. The number of nitrogens with one attached hydrogen (secondary N) is 1. The number of hydrogen-bond acceptors (Lipinski definition) is 4. The molecule has 3 rings (SSSR count). The van der Waals surface area contributed by atoms with Crippen LogP contribution in [0.15, 0.2) is 54.7 Å². The summed E-state index contributed by atoms with van der Waals surface area (Å²) in [6.45, 7) is 3.65. The third-order valence-corrected chi connectivity index (χ3v) is 4.71. The molecule has 2 amide bonds. The highest BCUT2D eigenvalue weighted by Crippen LogP contribution is 2.23. The number of anilines is 1. The van der Waals surface area contributed by atoms with Gasteiger partial charge in [-0.05, 0) is 38.1 Å². The number of hydrogen-bond donors (Lipinski definition) is 1. The van der Waals surface area contributed by atoms with E-state index in [1.165, 1.54) is 29.0 Å². The number of methoxy groups -OCH3 is 1. The Morgan fingerprint density at radius 3 is 2.57 bits per heavy atom. The largest absolute Gasteiger partial charge is 0.495 e. The van der Waals surface area contributed by atoms with Crippen LogP contribution in [0.2, 0.25) is 0 Å². The number of halogens is 1. The fourth-order valence-electron chi connectivity index (χ4n) is 3.09. The molecular formula is C22H23FN4O3. The number of nitrogens with zero attached hydrogens (tertiary/aromatic N) is 3. The highest BCUT2D eigenvalue weighted by Gasteiger charge is 2.23. The van der Waals surface area contributed by atoms with Gasteiger partial charge in [0, 0.05) is 6.54 Å². The van der Waals surface area contributed by atoms with Crippen molar-refractivity contribution in [1.82, 2.24) is 14.7 Å². The van der Waals surface area contributed by atoms with E-state index in [-0.39, 0.29) is 24.0 Å². The zero-order chi connectivity index (χ0) is 21.7. The lowest BCUT2D eigenvalue weighted by molar-refractivity contribution is -0.116. The van der Waals surface area contributed by atoms with E-state index in [1.54, 1.807) is 56.3 Å². The number of rotatable bonds is 7. The summed E-state index contributed by atoms with van der Waals surface area (Å²) in [5, 5.41) is 6.92. The van der Waals surface area contributed by atoms with Gasteiger partial charge >= 0.3 is 0 Å². The van der Waals surface area contributed by atoms with Gasteiger partial charge in [0.1, 0.15) is 23.8 Å². The van der Waals surface area contributed by atoms with Crippen molar-refractivity contribution < 1.29 is 18.7 Å². The first-order valence-electron chi connectivity index (χ1n) is 9.48. The molecule has 0 spiro atoms. The van der Waals surface area contributed by atoms with E-state index in [9.17, 15) is 14.0 Å². The lowest BCUT2D eigenvalue weighted by Crippen LogP contribution is -2.38. The molecule has 8 heteroatoms. The third kappa shape index (κ3) is 4.32. The SMILES string of the molecule is CCN(CC(=O)Nc1ccccc1OC)C(=O)c1cnn(-c2ccccc2F)c1C. The van der Waals surface area contributed by atoms with Crippen LogP contribution in [0, 0.1) is 12.7 Å². The van der Waals surface area contributed by atoms with E-state index in [0.29, 0.717) is 29.2 Å². The number of ether oxygens (including phenoxy) is 1. The van der Waals surface area contributed by atoms with Gasteiger partial charge in [-0.1, -0.05) is 24.3 Å². The van der Waals surface area contributed by atoms with Crippen molar-refractivity contribution in [3.63, 3.8) is 0 Å². The quantitative estimate of drug-likeness (QED) is 0.648. The third-order valence-electron chi connectivity index (χ3n) is 4.71. The van der Waals surface area contributed by atoms with Crippen LogP contribution in [0.5, 0.6) is 5.75 Å². The molecule has 3 aromatic rings. The molecule has 0 radical (unpaired) electrons. The minimum atomic E-state index is -0.439. The maximum Gasteiger partial charge on any atom is 0.257 e. The van der Waals surface area contributed by atoms with Gasteiger partial charge in [-0.2, -0.15) is 5.10 Å². The van der Waals surface area contributed by atoms with Crippen molar-refractivity contribution in [2.75, 3.05) is 25.5 Å². The molecule has 0 fully saturated rings. The summed E-state index contributed by atoms with van der Waals surface area (Å²) in [5.74, 6) is -0.616. The second kappa shape index (κ2) is 9.21. The maximum absolute atomic E-state index is 14.1. The Morgan fingerprint density at radius 2 is 1.87 bits per heavy atom. The minimum absolute atomic E-state index is 0.141. The van der Waals surface area contributed by atoms with Crippen molar-refractivity contribution in [1.29, 1.82) is 0 Å². The molecule has 1 aromatic heterocycles. The monoisotopic (exact) mass is 410 g/mol. The zero-order valence-corrected chi connectivity index (χ0v) is 17.1. The van der Waals surface area contributed by atoms with Crippen molar-refractivity contribution in [2.24, 2.45) is 0 Å². The first kappa shape index (κ1) is 21.0. The van der Waals surface area contributed by atoms with Gasteiger partial charge in [0.2, 0.25) is 5.91 Å². The normalized spacial score (nSPS) is 10.5. The molecule has 1 heterocycles. The fraction of sp³-hybridized carbons (Fsp3) is 0.227. The van der Waals surface area contributed by atoms with Crippen molar-refractivity contribution >= 4 is 17.5 Å². The summed E-state index contributed by atoms with van der Waals surface area (Å²) in [6, 6.07) is 13.2. The van der Waals surface area contributed by atoms with E-state index in [4.69, 9.17) is 4.74 Å². The van der Waals surface area contributed by atoms with Gasteiger partial charge in [-0.3, -0.25) is 9.59 Å². The zero-order valence-electron chi connectivity index (χ0n) is 17.1. The van der Waals surface area contributed by atoms with E-state index in [2.05, 4.69) is 10.4 Å². The van der Waals surface area contributed by atoms with Crippen LogP contribution >= 0.6 is 0 Å². The van der Waals surface area contributed by atoms with E-state index in [1.807, 2.05) is 0 Å². The predicted molar refractivity (Wildman–Crippen MR) is 111 cm³/mol. The van der Waals surface area contributed by atoms with Crippen LogP contribution in [0.4, 0.5) is 10.1 Å². The number of carbonyl (C=O) groups excluding carboxylic acids is 2. The van der Waals surface area contributed by atoms with Crippen LogP contribution in [-0.4, -0.2) is 46.7 Å². The number of amides is 2. The smallest absolute Gasteiger partial charge is 0.257 e. The number of likely N-dealkylation sites (N-methyl/N-ethyl adjacent to an activating group) is 1. The first-order valence-corrected chi connectivity index (χ1v) is 9.48. The number of carbonyl (C=O) groups is 2. The molecule has 0 saturated heterocycles. The summed E-state index contributed by atoms with van der Waals surface area (Å²) in [7, 11) is 1.52. The molecule has 2 aromatic carbocycles. The molecule has 30 heavy (non-hydrogen) atoms. The van der Waals surface area contributed by atoms with Gasteiger partial charge in [-0.25, -0.2) is 9.07 Å². The molecule has 0 aliphatic heterocycles. The van der Waals surface area contributed by atoms with Gasteiger partial charge in [0.05, 0.1) is 30.3 Å². The van der Waals surface area contributed by atoms with E-state index >= 15 is 0 Å². The molecule has 0 atom stereocenters. The average molecular weight is 410 g/mol.